The van der Waals surface area contributed by atoms with Crippen molar-refractivity contribution in [2.75, 3.05) is 0 Å². The lowest BCUT2D eigenvalue weighted by atomic mass is 9.83. The van der Waals surface area contributed by atoms with E-state index < -0.39 is 0 Å². The number of benzene rings is 2. The van der Waals surface area contributed by atoms with Gasteiger partial charge in [0, 0.05) is 17.1 Å². The van der Waals surface area contributed by atoms with E-state index in [1.165, 1.54) is 28.0 Å². The Morgan fingerprint density at radius 3 is 2.58 bits per heavy atom. The monoisotopic (exact) mass is 337 g/mol. The van der Waals surface area contributed by atoms with Crippen molar-refractivity contribution in [1.82, 2.24) is 4.90 Å². The number of carbonyl (C=O) groups is 1. The second kappa shape index (κ2) is 6.10. The Hall–Kier alpha value is -2.06. The summed E-state index contributed by atoms with van der Waals surface area (Å²) in [4.78, 5) is 14.7. The highest BCUT2D eigenvalue weighted by atomic mass is 35.5. The summed E-state index contributed by atoms with van der Waals surface area (Å²) in [5, 5.41) is 0.791. The third kappa shape index (κ3) is 2.55. The van der Waals surface area contributed by atoms with Crippen molar-refractivity contribution in [2.45, 2.75) is 38.6 Å². The molecule has 0 aromatic heterocycles. The highest BCUT2D eigenvalue weighted by molar-refractivity contribution is 6.30. The zero-order valence-electron chi connectivity index (χ0n) is 13.8. The van der Waals surface area contributed by atoms with Crippen LogP contribution in [0.5, 0.6) is 0 Å². The molecular weight excluding hydrogens is 318 g/mol. The smallest absolute Gasteiger partial charge is 0.227 e. The van der Waals surface area contributed by atoms with Crippen molar-refractivity contribution in [1.29, 1.82) is 0 Å². The van der Waals surface area contributed by atoms with Crippen LogP contribution < -0.4 is 0 Å². The van der Waals surface area contributed by atoms with E-state index in [2.05, 4.69) is 31.2 Å². The van der Waals surface area contributed by atoms with Gasteiger partial charge < -0.3 is 4.90 Å². The van der Waals surface area contributed by atoms with E-state index in [0.29, 0.717) is 6.42 Å². The Morgan fingerprint density at radius 2 is 1.79 bits per heavy atom. The lowest BCUT2D eigenvalue weighted by molar-refractivity contribution is -0.131. The molecule has 1 aliphatic heterocycles. The first-order valence-corrected chi connectivity index (χ1v) is 8.91. The first-order valence-electron chi connectivity index (χ1n) is 8.53. The molecule has 0 N–H and O–H groups in total. The molecule has 2 nitrogen and oxygen atoms in total. The van der Waals surface area contributed by atoms with Gasteiger partial charge >= 0.3 is 0 Å². The molecule has 0 saturated carbocycles. The zero-order chi connectivity index (χ0) is 16.7. The van der Waals surface area contributed by atoms with Crippen molar-refractivity contribution in [3.63, 3.8) is 0 Å². The van der Waals surface area contributed by atoms with E-state index in [9.17, 15) is 4.79 Å². The molecule has 1 atom stereocenters. The molecule has 1 aliphatic carbocycles. The predicted molar refractivity (Wildman–Crippen MR) is 97.6 cm³/mol. The number of carbonyl (C=O) groups excluding carboxylic acids is 1. The molecule has 3 heteroatoms. The van der Waals surface area contributed by atoms with Gasteiger partial charge in [-0.05, 0) is 60.6 Å². The topological polar surface area (TPSA) is 20.3 Å². The van der Waals surface area contributed by atoms with Crippen molar-refractivity contribution in [2.24, 2.45) is 0 Å². The van der Waals surface area contributed by atoms with Gasteiger partial charge in [0.25, 0.3) is 0 Å². The van der Waals surface area contributed by atoms with Gasteiger partial charge in [-0.1, -0.05) is 48.0 Å². The summed E-state index contributed by atoms with van der Waals surface area (Å²) in [6.45, 7) is 2.13. The number of rotatable bonds is 2. The zero-order valence-corrected chi connectivity index (χ0v) is 14.5. The van der Waals surface area contributed by atoms with E-state index in [4.69, 9.17) is 11.6 Å². The Morgan fingerprint density at radius 1 is 1.00 bits per heavy atom. The van der Waals surface area contributed by atoms with Crippen LogP contribution >= 0.6 is 11.6 Å². The molecule has 1 amide bonds. The molecule has 4 rings (SSSR count). The van der Waals surface area contributed by atoms with E-state index >= 15 is 0 Å². The predicted octanol–water partition coefficient (Wildman–Crippen LogP) is 5.38. The van der Waals surface area contributed by atoms with Crippen LogP contribution in [0.2, 0.25) is 5.02 Å². The molecule has 1 unspecified atom stereocenters. The molecule has 2 aromatic carbocycles. The van der Waals surface area contributed by atoms with Crippen LogP contribution in [0.25, 0.3) is 5.57 Å². The summed E-state index contributed by atoms with van der Waals surface area (Å²) in [5.41, 5.74) is 6.30. The number of amides is 1. The fraction of sp³-hybridized carbons (Fsp3) is 0.286. The minimum Gasteiger partial charge on any atom is -0.309 e. The third-order valence-electron chi connectivity index (χ3n) is 5.19. The number of nitrogens with zero attached hydrogens (tertiary/aromatic N) is 1. The molecule has 2 aliphatic rings. The Balaban J connectivity index is 1.79. The van der Waals surface area contributed by atoms with Gasteiger partial charge in [-0.25, -0.2) is 0 Å². The van der Waals surface area contributed by atoms with Crippen LogP contribution in [0.1, 0.15) is 48.9 Å². The van der Waals surface area contributed by atoms with Crippen LogP contribution in [0.4, 0.5) is 0 Å². The van der Waals surface area contributed by atoms with Crippen LogP contribution in [-0.2, 0) is 11.2 Å². The largest absolute Gasteiger partial charge is 0.309 e. The summed E-state index contributed by atoms with van der Waals surface area (Å²) >= 11 is 6.15. The summed E-state index contributed by atoms with van der Waals surface area (Å²) < 4.78 is 0. The van der Waals surface area contributed by atoms with Crippen molar-refractivity contribution < 1.29 is 4.79 Å². The number of allylic oxidation sites excluding steroid dienone is 2. The lowest BCUT2D eigenvalue weighted by Crippen LogP contribution is -2.37. The van der Waals surface area contributed by atoms with Crippen LogP contribution in [0.15, 0.2) is 54.2 Å². The average Bonchev–Trinajstić information content (AvgIpc) is 2.61. The number of hydrogen-bond donors (Lipinski definition) is 0. The SMILES string of the molecule is CC(c1ccccc1)N1C(=O)CCC2=C1CCc1cc(Cl)ccc12. The maximum absolute atomic E-state index is 12.7. The van der Waals surface area contributed by atoms with Gasteiger partial charge in [-0.3, -0.25) is 4.79 Å². The first kappa shape index (κ1) is 15.5. The van der Waals surface area contributed by atoms with Crippen LogP contribution in [0, 0.1) is 0 Å². The quantitative estimate of drug-likeness (QED) is 0.720. The standard InChI is InChI=1S/C21H20ClNO/c1-14(15-5-3-2-4-6-15)23-20-11-7-16-13-17(22)8-9-18(16)19(20)10-12-21(23)24/h2-6,8-9,13-14H,7,10-12H2,1H3. The third-order valence-corrected chi connectivity index (χ3v) is 5.42. The second-order valence-corrected chi connectivity index (χ2v) is 7.01. The Kier molecular flexibility index (Phi) is 3.93. The second-order valence-electron chi connectivity index (χ2n) is 6.58. The van der Waals surface area contributed by atoms with Gasteiger partial charge in [0.05, 0.1) is 6.04 Å². The molecule has 0 bridgehead atoms. The van der Waals surface area contributed by atoms with E-state index in [-0.39, 0.29) is 11.9 Å². The fourth-order valence-corrected chi connectivity index (χ4v) is 4.20. The molecule has 122 valence electrons. The molecule has 2 aromatic rings. The Bertz CT molecular complexity index is 825. The molecule has 0 spiro atoms. The van der Waals surface area contributed by atoms with Crippen LogP contribution in [-0.4, -0.2) is 10.8 Å². The molecule has 0 saturated heterocycles. The minimum absolute atomic E-state index is 0.0675. The van der Waals surface area contributed by atoms with Gasteiger partial charge in [0.15, 0.2) is 0 Å². The van der Waals surface area contributed by atoms with Gasteiger partial charge in [0.2, 0.25) is 5.91 Å². The van der Waals surface area contributed by atoms with Gasteiger partial charge in [-0.2, -0.15) is 0 Å². The number of hydrogen-bond acceptors (Lipinski definition) is 1. The van der Waals surface area contributed by atoms with E-state index in [0.717, 1.165) is 24.3 Å². The molecule has 0 radical (unpaired) electrons. The van der Waals surface area contributed by atoms with E-state index in [1.807, 2.05) is 29.2 Å². The molecule has 24 heavy (non-hydrogen) atoms. The normalized spacial score (nSPS) is 18.2. The van der Waals surface area contributed by atoms with Gasteiger partial charge in [0.1, 0.15) is 0 Å². The number of aryl methyl sites for hydroxylation is 1. The summed E-state index contributed by atoms with van der Waals surface area (Å²) in [5.74, 6) is 0.238. The molecular formula is C21H20ClNO. The molecule has 1 heterocycles. The summed E-state index contributed by atoms with van der Waals surface area (Å²) in [6.07, 6.45) is 3.27. The molecule has 0 fully saturated rings. The minimum atomic E-state index is 0.0675. The van der Waals surface area contributed by atoms with Crippen molar-refractivity contribution in [3.8, 4) is 0 Å². The number of halogens is 1. The van der Waals surface area contributed by atoms with Crippen LogP contribution in [0.3, 0.4) is 0 Å². The van der Waals surface area contributed by atoms with E-state index in [1.54, 1.807) is 0 Å². The maximum atomic E-state index is 12.7. The maximum Gasteiger partial charge on any atom is 0.227 e. The average molecular weight is 338 g/mol. The van der Waals surface area contributed by atoms with Gasteiger partial charge in [-0.15, -0.1) is 0 Å². The highest BCUT2D eigenvalue weighted by Gasteiger charge is 2.33. The summed E-state index contributed by atoms with van der Waals surface area (Å²) in [7, 11) is 0. The highest BCUT2D eigenvalue weighted by Crippen LogP contribution is 2.42. The van der Waals surface area contributed by atoms with Crippen molar-refractivity contribution >= 4 is 23.1 Å². The Labute approximate surface area is 147 Å². The lowest BCUT2D eigenvalue weighted by Gasteiger charge is -2.39. The number of fused-ring (bicyclic) bond motifs is 2. The summed E-state index contributed by atoms with van der Waals surface area (Å²) in [6, 6.07) is 16.5. The van der Waals surface area contributed by atoms with Crippen molar-refractivity contribution in [3.05, 3.63) is 75.9 Å². The fourth-order valence-electron chi connectivity index (χ4n) is 4.00. The first-order chi connectivity index (χ1) is 11.6.